The molecule has 2 aliphatic rings. The van der Waals surface area contributed by atoms with Gasteiger partial charge in [-0.3, -0.25) is 9.59 Å². The van der Waals surface area contributed by atoms with Gasteiger partial charge < -0.3 is 10.0 Å². The highest BCUT2D eigenvalue weighted by Crippen LogP contribution is 2.54. The molecular weight excluding hydrogens is 206 g/mol. The summed E-state index contributed by atoms with van der Waals surface area (Å²) in [6.45, 7) is 2.40. The molecule has 2 atom stereocenters. The van der Waals surface area contributed by atoms with Crippen molar-refractivity contribution >= 4 is 11.9 Å². The Bertz CT molecular complexity index is 299. The van der Waals surface area contributed by atoms with Crippen LogP contribution in [0.3, 0.4) is 0 Å². The third kappa shape index (κ3) is 2.54. The lowest BCUT2D eigenvalue weighted by atomic mass is 10.2. The van der Waals surface area contributed by atoms with Crippen LogP contribution in [-0.2, 0) is 9.59 Å². The molecule has 0 radical (unpaired) electrons. The van der Waals surface area contributed by atoms with Crippen LogP contribution >= 0.6 is 0 Å². The molecule has 4 nitrogen and oxygen atoms in total. The standard InChI is InChI=1S/C12H19NO3/c1-2-5-13(7-11(14)15)12(16)10-6-9(10)8-3-4-8/h8-10H,2-7H2,1H3,(H,14,15)/t9-,10+/m0/s1. The molecule has 2 saturated carbocycles. The number of carbonyl (C=O) groups excluding carboxylic acids is 1. The first-order chi connectivity index (χ1) is 7.63. The predicted octanol–water partition coefficient (Wildman–Crippen LogP) is 1.36. The number of carboxylic acids is 1. The zero-order valence-electron chi connectivity index (χ0n) is 9.69. The van der Waals surface area contributed by atoms with E-state index in [0.717, 1.165) is 18.8 Å². The van der Waals surface area contributed by atoms with Crippen LogP contribution in [0.25, 0.3) is 0 Å². The summed E-state index contributed by atoms with van der Waals surface area (Å²) in [5.74, 6) is 0.632. The van der Waals surface area contributed by atoms with Gasteiger partial charge in [-0.25, -0.2) is 0 Å². The molecule has 0 heterocycles. The van der Waals surface area contributed by atoms with Crippen LogP contribution in [0.2, 0.25) is 0 Å². The van der Waals surface area contributed by atoms with Crippen LogP contribution in [0.4, 0.5) is 0 Å². The molecule has 0 bridgehead atoms. The molecule has 0 saturated heterocycles. The highest BCUT2D eigenvalue weighted by Gasteiger charge is 2.52. The molecule has 2 rings (SSSR count). The minimum absolute atomic E-state index is 0.0705. The van der Waals surface area contributed by atoms with Gasteiger partial charge in [0.25, 0.3) is 0 Å². The molecule has 0 aromatic carbocycles. The maximum Gasteiger partial charge on any atom is 0.323 e. The molecule has 16 heavy (non-hydrogen) atoms. The van der Waals surface area contributed by atoms with E-state index in [4.69, 9.17) is 5.11 Å². The lowest BCUT2D eigenvalue weighted by Gasteiger charge is -2.20. The van der Waals surface area contributed by atoms with Gasteiger partial charge >= 0.3 is 5.97 Å². The van der Waals surface area contributed by atoms with Crippen molar-refractivity contribution in [2.45, 2.75) is 32.6 Å². The zero-order chi connectivity index (χ0) is 11.7. The van der Waals surface area contributed by atoms with Crippen molar-refractivity contribution in [1.82, 2.24) is 4.90 Å². The van der Waals surface area contributed by atoms with Crippen LogP contribution in [0.5, 0.6) is 0 Å². The number of aliphatic carboxylic acids is 1. The SMILES string of the molecule is CCCN(CC(=O)O)C(=O)[C@@H]1C[C@H]1C1CC1. The van der Waals surface area contributed by atoms with Gasteiger partial charge in [-0.1, -0.05) is 6.92 Å². The minimum atomic E-state index is -0.912. The first-order valence-electron chi connectivity index (χ1n) is 6.14. The molecule has 0 spiro atoms. The van der Waals surface area contributed by atoms with Gasteiger partial charge in [0.05, 0.1) is 0 Å². The maximum atomic E-state index is 12.0. The lowest BCUT2D eigenvalue weighted by molar-refractivity contribution is -0.145. The van der Waals surface area contributed by atoms with Crippen molar-refractivity contribution in [3.8, 4) is 0 Å². The summed E-state index contributed by atoms with van der Waals surface area (Å²) in [6, 6.07) is 0. The Labute approximate surface area is 95.6 Å². The Balaban J connectivity index is 1.86. The van der Waals surface area contributed by atoms with Gasteiger partial charge in [0.1, 0.15) is 6.54 Å². The minimum Gasteiger partial charge on any atom is -0.480 e. The van der Waals surface area contributed by atoms with Crippen molar-refractivity contribution in [1.29, 1.82) is 0 Å². The first-order valence-corrected chi connectivity index (χ1v) is 6.14. The van der Waals surface area contributed by atoms with Crippen molar-refractivity contribution in [2.24, 2.45) is 17.8 Å². The van der Waals surface area contributed by atoms with E-state index >= 15 is 0 Å². The fourth-order valence-corrected chi connectivity index (χ4v) is 2.48. The number of amides is 1. The highest BCUT2D eigenvalue weighted by molar-refractivity contribution is 5.85. The fraction of sp³-hybridized carbons (Fsp3) is 0.833. The van der Waals surface area contributed by atoms with E-state index in [0.29, 0.717) is 12.5 Å². The number of nitrogens with zero attached hydrogens (tertiary/aromatic N) is 1. The average molecular weight is 225 g/mol. The molecule has 0 unspecified atom stereocenters. The normalized spacial score (nSPS) is 27.6. The number of carbonyl (C=O) groups is 2. The smallest absolute Gasteiger partial charge is 0.323 e. The maximum absolute atomic E-state index is 12.0. The molecule has 2 aliphatic carbocycles. The van der Waals surface area contributed by atoms with E-state index in [1.54, 1.807) is 0 Å². The summed E-state index contributed by atoms with van der Waals surface area (Å²) >= 11 is 0. The molecule has 1 amide bonds. The third-order valence-electron chi connectivity index (χ3n) is 3.52. The van der Waals surface area contributed by atoms with Gasteiger partial charge in [-0.15, -0.1) is 0 Å². The van der Waals surface area contributed by atoms with Crippen molar-refractivity contribution in [2.75, 3.05) is 13.1 Å². The van der Waals surface area contributed by atoms with Gasteiger partial charge in [-0.2, -0.15) is 0 Å². The molecule has 4 heteroatoms. The predicted molar refractivity (Wildman–Crippen MR) is 58.8 cm³/mol. The van der Waals surface area contributed by atoms with E-state index in [9.17, 15) is 9.59 Å². The van der Waals surface area contributed by atoms with E-state index in [2.05, 4.69) is 0 Å². The van der Waals surface area contributed by atoms with Crippen molar-refractivity contribution < 1.29 is 14.7 Å². The Morgan fingerprint density at radius 2 is 2.06 bits per heavy atom. The Morgan fingerprint density at radius 3 is 2.56 bits per heavy atom. The highest BCUT2D eigenvalue weighted by atomic mass is 16.4. The summed E-state index contributed by atoms with van der Waals surface area (Å²) < 4.78 is 0. The van der Waals surface area contributed by atoms with Crippen LogP contribution in [0.15, 0.2) is 0 Å². The largest absolute Gasteiger partial charge is 0.480 e. The second-order valence-corrected chi connectivity index (χ2v) is 5.00. The number of hydrogen-bond donors (Lipinski definition) is 1. The van der Waals surface area contributed by atoms with Crippen LogP contribution in [-0.4, -0.2) is 35.0 Å². The van der Waals surface area contributed by atoms with Crippen LogP contribution < -0.4 is 0 Å². The van der Waals surface area contributed by atoms with E-state index in [1.165, 1.54) is 17.7 Å². The van der Waals surface area contributed by atoms with Gasteiger partial charge in [0.15, 0.2) is 0 Å². The monoisotopic (exact) mass is 225 g/mol. The topological polar surface area (TPSA) is 57.6 Å². The molecule has 2 fully saturated rings. The van der Waals surface area contributed by atoms with Crippen LogP contribution in [0.1, 0.15) is 32.6 Å². The van der Waals surface area contributed by atoms with E-state index < -0.39 is 5.97 Å². The molecule has 0 aromatic heterocycles. The molecule has 0 aliphatic heterocycles. The Kier molecular flexibility index (Phi) is 3.17. The van der Waals surface area contributed by atoms with Crippen LogP contribution in [0, 0.1) is 17.8 Å². The summed E-state index contributed by atoms with van der Waals surface area (Å²) in [4.78, 5) is 24.2. The summed E-state index contributed by atoms with van der Waals surface area (Å²) in [7, 11) is 0. The van der Waals surface area contributed by atoms with Gasteiger partial charge in [-0.05, 0) is 37.5 Å². The van der Waals surface area contributed by atoms with E-state index in [-0.39, 0.29) is 18.4 Å². The lowest BCUT2D eigenvalue weighted by Crippen LogP contribution is -2.37. The Morgan fingerprint density at radius 1 is 1.38 bits per heavy atom. The number of rotatable bonds is 6. The van der Waals surface area contributed by atoms with Crippen molar-refractivity contribution in [3.63, 3.8) is 0 Å². The summed E-state index contributed by atoms with van der Waals surface area (Å²) in [5, 5.41) is 8.76. The first kappa shape index (κ1) is 11.4. The molecule has 90 valence electrons. The fourth-order valence-electron chi connectivity index (χ4n) is 2.48. The molecule has 1 N–H and O–H groups in total. The van der Waals surface area contributed by atoms with Crippen molar-refractivity contribution in [3.05, 3.63) is 0 Å². The quantitative estimate of drug-likeness (QED) is 0.742. The second kappa shape index (κ2) is 4.44. The number of hydrogen-bond acceptors (Lipinski definition) is 2. The van der Waals surface area contributed by atoms with Gasteiger partial charge in [0, 0.05) is 12.5 Å². The molecule has 0 aromatic rings. The van der Waals surface area contributed by atoms with E-state index in [1.807, 2.05) is 6.92 Å². The van der Waals surface area contributed by atoms with Gasteiger partial charge in [0.2, 0.25) is 5.91 Å². The zero-order valence-corrected chi connectivity index (χ0v) is 9.69. The third-order valence-corrected chi connectivity index (χ3v) is 3.52. The summed E-state index contributed by atoms with van der Waals surface area (Å²) in [6.07, 6.45) is 4.34. The summed E-state index contributed by atoms with van der Waals surface area (Å²) in [5.41, 5.74) is 0. The second-order valence-electron chi connectivity index (χ2n) is 5.00. The average Bonchev–Trinajstić information content (AvgIpc) is 3.04. The molecular formula is C12H19NO3. The Hall–Kier alpha value is -1.06. The number of carboxylic acid groups (broad SMARTS) is 1.